The number of nitrogens with zero attached hydrogens (tertiary/aromatic N) is 1. The van der Waals surface area contributed by atoms with Crippen molar-refractivity contribution in [2.24, 2.45) is 0 Å². The van der Waals surface area contributed by atoms with Crippen LogP contribution in [0.3, 0.4) is 0 Å². The van der Waals surface area contributed by atoms with Gasteiger partial charge in [0.15, 0.2) is 0 Å². The predicted octanol–water partition coefficient (Wildman–Crippen LogP) is 0.537. The fourth-order valence-electron chi connectivity index (χ4n) is 2.12. The smallest absolute Gasteiger partial charge is 0.327 e. The first kappa shape index (κ1) is 13.1. The van der Waals surface area contributed by atoms with Gasteiger partial charge in [-0.05, 0) is 11.6 Å². The lowest BCUT2D eigenvalue weighted by Crippen LogP contribution is -2.45. The van der Waals surface area contributed by atoms with Crippen LogP contribution in [0.5, 0.6) is 5.75 Å². The van der Waals surface area contributed by atoms with E-state index >= 15 is 0 Å². The number of hydrogen-bond acceptors (Lipinski definition) is 4. The molecule has 1 unspecified atom stereocenters. The Bertz CT molecular complexity index is 524. The molecule has 0 bridgehead atoms. The molecule has 0 aromatic heterocycles. The van der Waals surface area contributed by atoms with Crippen LogP contribution in [0.25, 0.3) is 0 Å². The number of benzene rings is 1. The average molecular weight is 263 g/mol. The Morgan fingerprint density at radius 2 is 1.79 bits per heavy atom. The Morgan fingerprint density at radius 1 is 1.21 bits per heavy atom. The average Bonchev–Trinajstić information content (AvgIpc) is 2.68. The first-order chi connectivity index (χ1) is 9.00. The molecule has 0 spiro atoms. The fourth-order valence-corrected chi connectivity index (χ4v) is 2.12. The minimum Gasteiger partial charge on any atom is -0.508 e. The van der Waals surface area contributed by atoms with Crippen molar-refractivity contribution in [3.63, 3.8) is 0 Å². The van der Waals surface area contributed by atoms with Gasteiger partial charge in [0.2, 0.25) is 11.8 Å². The Labute approximate surface area is 109 Å². The Morgan fingerprint density at radius 3 is 2.32 bits per heavy atom. The number of aromatic hydroxyl groups is 1. The lowest BCUT2D eigenvalue weighted by Gasteiger charge is -2.22. The standard InChI is InChI=1S/C13H13NO5/c15-10-4-2-1-3-8(10)7-9(13(18)19)14-11(16)5-6-12(14)17/h1-4,9,15H,5-7H2,(H,18,19). The van der Waals surface area contributed by atoms with Crippen LogP contribution >= 0.6 is 0 Å². The number of rotatable bonds is 4. The maximum Gasteiger partial charge on any atom is 0.327 e. The highest BCUT2D eigenvalue weighted by molar-refractivity contribution is 6.04. The molecule has 2 N–H and O–H groups in total. The van der Waals surface area contributed by atoms with Crippen molar-refractivity contribution in [1.82, 2.24) is 4.90 Å². The molecule has 1 heterocycles. The normalized spacial score (nSPS) is 16.7. The van der Waals surface area contributed by atoms with Crippen LogP contribution < -0.4 is 0 Å². The number of phenols is 1. The van der Waals surface area contributed by atoms with Crippen molar-refractivity contribution in [3.8, 4) is 5.75 Å². The third kappa shape index (κ3) is 2.57. The summed E-state index contributed by atoms with van der Waals surface area (Å²) in [6, 6.07) is 5.00. The summed E-state index contributed by atoms with van der Waals surface area (Å²) in [6.07, 6.45) is -0.00768. The van der Waals surface area contributed by atoms with Gasteiger partial charge in [0.05, 0.1) is 0 Å². The molecule has 0 saturated carbocycles. The Balaban J connectivity index is 2.27. The molecule has 1 aromatic carbocycles. The minimum atomic E-state index is -1.27. The topological polar surface area (TPSA) is 94.9 Å². The highest BCUT2D eigenvalue weighted by Gasteiger charge is 2.39. The zero-order valence-electron chi connectivity index (χ0n) is 10.1. The van der Waals surface area contributed by atoms with Gasteiger partial charge in [0, 0.05) is 19.3 Å². The molecular formula is C13H13NO5. The number of carbonyl (C=O) groups excluding carboxylic acids is 2. The summed E-state index contributed by atoms with van der Waals surface area (Å²) in [5.41, 5.74) is 0.391. The molecule has 2 rings (SSSR count). The number of likely N-dealkylation sites (tertiary alicyclic amines) is 1. The first-order valence-electron chi connectivity index (χ1n) is 5.85. The molecule has 2 amide bonds. The van der Waals surface area contributed by atoms with Crippen molar-refractivity contribution < 1.29 is 24.6 Å². The number of hydrogen-bond donors (Lipinski definition) is 2. The zero-order chi connectivity index (χ0) is 14.0. The number of imide groups is 1. The largest absolute Gasteiger partial charge is 0.508 e. The Hall–Kier alpha value is -2.37. The Kier molecular flexibility index (Phi) is 3.50. The van der Waals surface area contributed by atoms with Crippen molar-refractivity contribution in [2.75, 3.05) is 0 Å². The van der Waals surface area contributed by atoms with Gasteiger partial charge >= 0.3 is 5.97 Å². The van der Waals surface area contributed by atoms with Crippen LogP contribution in [0.2, 0.25) is 0 Å². The number of phenolic OH excluding ortho intramolecular Hbond substituents is 1. The monoisotopic (exact) mass is 263 g/mol. The molecule has 0 aliphatic carbocycles. The molecule has 1 saturated heterocycles. The number of para-hydroxylation sites is 1. The molecular weight excluding hydrogens is 250 g/mol. The second-order valence-electron chi connectivity index (χ2n) is 4.34. The molecule has 19 heavy (non-hydrogen) atoms. The lowest BCUT2D eigenvalue weighted by molar-refractivity contribution is -0.154. The zero-order valence-corrected chi connectivity index (χ0v) is 10.1. The molecule has 0 radical (unpaired) electrons. The van der Waals surface area contributed by atoms with Gasteiger partial charge < -0.3 is 10.2 Å². The van der Waals surface area contributed by atoms with Crippen molar-refractivity contribution in [1.29, 1.82) is 0 Å². The van der Waals surface area contributed by atoms with Crippen LogP contribution in [0, 0.1) is 0 Å². The summed E-state index contributed by atoms with van der Waals surface area (Å²) in [6.45, 7) is 0. The second-order valence-corrected chi connectivity index (χ2v) is 4.34. The first-order valence-corrected chi connectivity index (χ1v) is 5.85. The third-order valence-electron chi connectivity index (χ3n) is 3.09. The van der Waals surface area contributed by atoms with E-state index in [1.54, 1.807) is 18.2 Å². The number of carbonyl (C=O) groups is 3. The van der Waals surface area contributed by atoms with E-state index in [9.17, 15) is 24.6 Å². The van der Waals surface area contributed by atoms with E-state index in [1.807, 2.05) is 0 Å². The maximum atomic E-state index is 11.6. The van der Waals surface area contributed by atoms with Gasteiger partial charge in [-0.2, -0.15) is 0 Å². The van der Waals surface area contributed by atoms with Gasteiger partial charge in [-0.1, -0.05) is 18.2 Å². The number of amides is 2. The maximum absolute atomic E-state index is 11.6. The van der Waals surface area contributed by atoms with Crippen LogP contribution in [-0.2, 0) is 20.8 Å². The summed E-state index contributed by atoms with van der Waals surface area (Å²) >= 11 is 0. The fraction of sp³-hybridized carbons (Fsp3) is 0.308. The molecule has 1 fully saturated rings. The van der Waals surface area contributed by atoms with E-state index in [2.05, 4.69) is 0 Å². The molecule has 1 aliphatic rings. The SMILES string of the molecule is O=C(O)C(Cc1ccccc1O)N1C(=O)CCC1=O. The summed E-state index contributed by atoms with van der Waals surface area (Å²) in [7, 11) is 0. The van der Waals surface area contributed by atoms with Gasteiger partial charge in [-0.15, -0.1) is 0 Å². The number of carboxylic acids is 1. The van der Waals surface area contributed by atoms with Crippen molar-refractivity contribution in [3.05, 3.63) is 29.8 Å². The van der Waals surface area contributed by atoms with E-state index in [-0.39, 0.29) is 25.0 Å². The van der Waals surface area contributed by atoms with Crippen molar-refractivity contribution >= 4 is 17.8 Å². The van der Waals surface area contributed by atoms with Crippen LogP contribution in [0.1, 0.15) is 18.4 Å². The van der Waals surface area contributed by atoms with Crippen LogP contribution in [0.4, 0.5) is 0 Å². The molecule has 100 valence electrons. The van der Waals surface area contributed by atoms with E-state index in [0.717, 1.165) is 4.90 Å². The summed E-state index contributed by atoms with van der Waals surface area (Å²) in [5, 5.41) is 18.8. The van der Waals surface area contributed by atoms with Gasteiger partial charge in [-0.3, -0.25) is 14.5 Å². The summed E-state index contributed by atoms with van der Waals surface area (Å²) in [4.78, 5) is 35.2. The highest BCUT2D eigenvalue weighted by Crippen LogP contribution is 2.23. The van der Waals surface area contributed by atoms with Gasteiger partial charge in [-0.25, -0.2) is 4.79 Å². The molecule has 1 atom stereocenters. The van der Waals surface area contributed by atoms with E-state index < -0.39 is 23.8 Å². The van der Waals surface area contributed by atoms with Crippen molar-refractivity contribution in [2.45, 2.75) is 25.3 Å². The van der Waals surface area contributed by atoms with Gasteiger partial charge in [0.25, 0.3) is 0 Å². The quantitative estimate of drug-likeness (QED) is 0.773. The molecule has 1 aromatic rings. The van der Waals surface area contributed by atoms with E-state index in [0.29, 0.717) is 5.56 Å². The van der Waals surface area contributed by atoms with Crippen LogP contribution in [-0.4, -0.2) is 38.9 Å². The summed E-state index contributed by atoms with van der Waals surface area (Å²) < 4.78 is 0. The van der Waals surface area contributed by atoms with E-state index in [4.69, 9.17) is 0 Å². The lowest BCUT2D eigenvalue weighted by atomic mass is 10.0. The third-order valence-corrected chi connectivity index (χ3v) is 3.09. The van der Waals surface area contributed by atoms with E-state index in [1.165, 1.54) is 6.07 Å². The highest BCUT2D eigenvalue weighted by atomic mass is 16.4. The predicted molar refractivity (Wildman–Crippen MR) is 64.3 cm³/mol. The molecule has 1 aliphatic heterocycles. The minimum absolute atomic E-state index is 0.0450. The van der Waals surface area contributed by atoms with Gasteiger partial charge in [0.1, 0.15) is 11.8 Å². The summed E-state index contributed by atoms with van der Waals surface area (Å²) in [5.74, 6) is -2.26. The molecule has 6 nitrogen and oxygen atoms in total. The van der Waals surface area contributed by atoms with Crippen LogP contribution in [0.15, 0.2) is 24.3 Å². The second kappa shape index (κ2) is 5.09. The molecule has 6 heteroatoms. The number of carboxylic acid groups (broad SMARTS) is 1. The number of aliphatic carboxylic acids is 1.